The standard InChI is InChI=1S/C28H32B6O2/c1-27(2)28(3,4)36-34(35-27)18-9-5-8-16(13-18)19-10-6-7-15-11-12-17(14-20(15)19)21-22(29)24(31)26(33)25(32)23(21)30/h5-14H,29-33H2,1-4H3. The molecule has 0 atom stereocenters. The van der Waals surface area contributed by atoms with E-state index in [2.05, 4.69) is 128 Å². The van der Waals surface area contributed by atoms with Crippen molar-refractivity contribution in [2.45, 2.75) is 38.9 Å². The molecule has 0 amide bonds. The summed E-state index contributed by atoms with van der Waals surface area (Å²) < 4.78 is 12.7. The molecule has 0 spiro atoms. The van der Waals surface area contributed by atoms with Crippen LogP contribution in [0.1, 0.15) is 27.7 Å². The van der Waals surface area contributed by atoms with Crippen molar-refractivity contribution in [3.8, 4) is 22.3 Å². The molecule has 0 saturated carbocycles. The minimum atomic E-state index is -0.371. The molecule has 0 unspecified atom stereocenters. The van der Waals surface area contributed by atoms with Crippen molar-refractivity contribution >= 4 is 89.9 Å². The topological polar surface area (TPSA) is 18.5 Å². The van der Waals surface area contributed by atoms with Crippen LogP contribution in [0.3, 0.4) is 0 Å². The van der Waals surface area contributed by atoms with Crippen LogP contribution in [0.5, 0.6) is 0 Å². The summed E-state index contributed by atoms with van der Waals surface area (Å²) in [5, 5.41) is 2.50. The predicted molar refractivity (Wildman–Crippen MR) is 171 cm³/mol. The van der Waals surface area contributed by atoms with Gasteiger partial charge in [0.05, 0.1) is 11.2 Å². The first-order valence-corrected chi connectivity index (χ1v) is 13.0. The first-order valence-electron chi connectivity index (χ1n) is 13.0. The molecule has 5 rings (SSSR count). The number of rotatable bonds is 3. The van der Waals surface area contributed by atoms with Crippen LogP contribution in [0.2, 0.25) is 0 Å². The fourth-order valence-corrected chi connectivity index (χ4v) is 5.44. The minimum Gasteiger partial charge on any atom is -0.399 e. The third-order valence-electron chi connectivity index (χ3n) is 8.89. The fraction of sp³-hybridized carbons (Fsp3) is 0.214. The lowest BCUT2D eigenvalue weighted by Crippen LogP contribution is -2.55. The Morgan fingerprint density at radius 3 is 1.83 bits per heavy atom. The number of benzene rings is 4. The van der Waals surface area contributed by atoms with Crippen LogP contribution in [-0.2, 0) is 9.31 Å². The van der Waals surface area contributed by atoms with Crippen LogP contribution in [0.25, 0.3) is 33.0 Å². The van der Waals surface area contributed by atoms with Crippen LogP contribution in [0.15, 0.2) is 60.7 Å². The molecule has 1 aliphatic rings. The van der Waals surface area contributed by atoms with Gasteiger partial charge in [0, 0.05) is 0 Å². The van der Waals surface area contributed by atoms with Crippen molar-refractivity contribution in [3.63, 3.8) is 0 Å². The van der Waals surface area contributed by atoms with Gasteiger partial charge in [-0.15, -0.1) is 16.4 Å². The summed E-state index contributed by atoms with van der Waals surface area (Å²) in [6.45, 7) is 8.40. The first kappa shape index (κ1) is 25.1. The van der Waals surface area contributed by atoms with Crippen molar-refractivity contribution in [2.24, 2.45) is 0 Å². The molecule has 0 radical (unpaired) electrons. The van der Waals surface area contributed by atoms with E-state index in [-0.39, 0.29) is 18.3 Å². The Kier molecular flexibility index (Phi) is 6.13. The molecule has 0 aliphatic carbocycles. The Labute approximate surface area is 220 Å². The third kappa shape index (κ3) is 3.99. The monoisotopic (exact) mass is 466 g/mol. The second-order valence-electron chi connectivity index (χ2n) is 11.5. The molecule has 0 N–H and O–H groups in total. The second-order valence-corrected chi connectivity index (χ2v) is 11.5. The van der Waals surface area contributed by atoms with Gasteiger partial charge < -0.3 is 9.31 Å². The largest absolute Gasteiger partial charge is 0.494 e. The zero-order valence-electron chi connectivity index (χ0n) is 23.2. The number of hydrogen-bond donors (Lipinski definition) is 0. The SMILES string of the molecule is Bc1c(B)c(B)c(-c2ccc3cccc(-c4cccc(B5OC(C)(C)C(C)(C)O5)c4)c3c2)c(B)c1B. The van der Waals surface area contributed by atoms with Crippen LogP contribution in [-0.4, -0.2) is 57.6 Å². The molecule has 0 bridgehead atoms. The van der Waals surface area contributed by atoms with Crippen molar-refractivity contribution in [1.29, 1.82) is 0 Å². The molecule has 1 heterocycles. The van der Waals surface area contributed by atoms with Gasteiger partial charge in [-0.3, -0.25) is 0 Å². The zero-order valence-corrected chi connectivity index (χ0v) is 23.2. The average molecular weight is 465 g/mol. The van der Waals surface area contributed by atoms with E-state index in [0.29, 0.717) is 0 Å². The van der Waals surface area contributed by atoms with E-state index < -0.39 is 0 Å². The zero-order chi connectivity index (χ0) is 26.0. The van der Waals surface area contributed by atoms with Crippen molar-refractivity contribution < 1.29 is 9.31 Å². The van der Waals surface area contributed by atoms with E-state index in [1.165, 1.54) is 60.3 Å². The van der Waals surface area contributed by atoms with Crippen molar-refractivity contribution in [3.05, 3.63) is 60.7 Å². The molecule has 174 valence electrons. The van der Waals surface area contributed by atoms with Gasteiger partial charge in [0.15, 0.2) is 0 Å². The second kappa shape index (κ2) is 8.78. The van der Waals surface area contributed by atoms with Gasteiger partial charge in [-0.05, 0) is 72.3 Å². The highest BCUT2D eigenvalue weighted by molar-refractivity contribution is 6.68. The quantitative estimate of drug-likeness (QED) is 0.319. The van der Waals surface area contributed by atoms with Gasteiger partial charge in [-0.1, -0.05) is 65.5 Å². The van der Waals surface area contributed by atoms with Crippen LogP contribution >= 0.6 is 0 Å². The Morgan fingerprint density at radius 2 is 1.19 bits per heavy atom. The summed E-state index contributed by atoms with van der Waals surface area (Å²) in [5.41, 5.74) is 12.3. The molecular formula is C28H32B6O2. The summed E-state index contributed by atoms with van der Waals surface area (Å²) in [6, 6.07) is 22.1. The number of fused-ring (bicyclic) bond motifs is 1. The van der Waals surface area contributed by atoms with E-state index in [9.17, 15) is 0 Å². The lowest BCUT2D eigenvalue weighted by Gasteiger charge is -2.32. The van der Waals surface area contributed by atoms with Crippen molar-refractivity contribution in [2.75, 3.05) is 0 Å². The molecule has 4 aromatic carbocycles. The van der Waals surface area contributed by atoms with Crippen LogP contribution in [0.4, 0.5) is 0 Å². The maximum Gasteiger partial charge on any atom is 0.494 e. The predicted octanol–water partition coefficient (Wildman–Crippen LogP) is -2.23. The van der Waals surface area contributed by atoms with E-state index >= 15 is 0 Å². The molecule has 4 aromatic rings. The molecular weight excluding hydrogens is 433 g/mol. The first-order chi connectivity index (χ1) is 16.9. The summed E-state index contributed by atoms with van der Waals surface area (Å²) in [6.07, 6.45) is 0. The van der Waals surface area contributed by atoms with Gasteiger partial charge >= 0.3 is 7.12 Å². The summed E-state index contributed by atoms with van der Waals surface area (Å²) in [5.74, 6) is 0. The molecule has 1 saturated heterocycles. The van der Waals surface area contributed by atoms with Gasteiger partial charge in [-0.2, -0.15) is 0 Å². The molecule has 8 heteroatoms. The van der Waals surface area contributed by atoms with Crippen LogP contribution < -0.4 is 32.8 Å². The van der Waals surface area contributed by atoms with E-state index in [1.807, 2.05) is 0 Å². The Balaban J connectivity index is 1.63. The molecule has 1 aliphatic heterocycles. The van der Waals surface area contributed by atoms with E-state index in [0.717, 1.165) is 5.46 Å². The molecule has 1 fully saturated rings. The maximum atomic E-state index is 6.34. The maximum absolute atomic E-state index is 6.34. The van der Waals surface area contributed by atoms with Crippen molar-refractivity contribution in [1.82, 2.24) is 0 Å². The summed E-state index contributed by atoms with van der Waals surface area (Å²) in [7, 11) is 10.9. The van der Waals surface area contributed by atoms with Gasteiger partial charge in [0.25, 0.3) is 0 Å². The molecule has 2 nitrogen and oxygen atoms in total. The van der Waals surface area contributed by atoms with E-state index in [1.54, 1.807) is 0 Å². The Hall–Kier alpha value is -2.55. The lowest BCUT2D eigenvalue weighted by atomic mass is 9.59. The average Bonchev–Trinajstić information content (AvgIpc) is 3.08. The van der Waals surface area contributed by atoms with Gasteiger partial charge in [0.2, 0.25) is 0 Å². The minimum absolute atomic E-state index is 0.359. The van der Waals surface area contributed by atoms with Gasteiger partial charge in [-0.25, -0.2) is 0 Å². The summed E-state index contributed by atoms with van der Waals surface area (Å²) >= 11 is 0. The highest BCUT2D eigenvalue weighted by Crippen LogP contribution is 2.37. The van der Waals surface area contributed by atoms with Crippen LogP contribution in [0, 0.1) is 0 Å². The third-order valence-corrected chi connectivity index (χ3v) is 8.89. The summed E-state index contributed by atoms with van der Waals surface area (Å²) in [4.78, 5) is 0. The number of hydrogen-bond acceptors (Lipinski definition) is 2. The highest BCUT2D eigenvalue weighted by Gasteiger charge is 2.51. The molecule has 0 aromatic heterocycles. The van der Waals surface area contributed by atoms with Gasteiger partial charge in [0.1, 0.15) is 39.2 Å². The highest BCUT2D eigenvalue weighted by atomic mass is 16.7. The Morgan fingerprint density at radius 1 is 0.611 bits per heavy atom. The lowest BCUT2D eigenvalue weighted by molar-refractivity contribution is 0.00578. The van der Waals surface area contributed by atoms with E-state index in [4.69, 9.17) is 9.31 Å². The normalized spacial score (nSPS) is 16.5. The Bertz CT molecular complexity index is 1470. The molecule has 36 heavy (non-hydrogen) atoms. The smallest absolute Gasteiger partial charge is 0.399 e. The fourth-order valence-electron chi connectivity index (χ4n) is 5.44.